The molecule has 0 fully saturated rings. The van der Waals surface area contributed by atoms with E-state index < -0.39 is 24.4 Å². The summed E-state index contributed by atoms with van der Waals surface area (Å²) in [5, 5.41) is 9.32. The lowest BCUT2D eigenvalue weighted by atomic mass is 10.3. The Hall–Kier alpha value is -2.04. The van der Waals surface area contributed by atoms with E-state index in [2.05, 4.69) is 17.2 Å². The molecule has 0 saturated heterocycles. The molecule has 2 atom stereocenters. The average molecular weight is 299 g/mol. The Labute approximate surface area is 124 Å². The molecule has 0 aliphatic rings. The maximum atomic E-state index is 11.3. The Morgan fingerprint density at radius 3 is 2.52 bits per heavy atom. The lowest BCUT2D eigenvalue weighted by molar-refractivity contribution is -0.143. The zero-order chi connectivity index (χ0) is 16.4. The van der Waals surface area contributed by atoms with Gasteiger partial charge in [0.05, 0.1) is 12.6 Å². The number of aliphatic hydroxyl groups excluding tert-OH is 1. The van der Waals surface area contributed by atoms with Crippen molar-refractivity contribution in [3.8, 4) is 12.3 Å². The molecule has 0 spiro atoms. The molecule has 0 radical (unpaired) electrons. The predicted molar refractivity (Wildman–Crippen MR) is 75.1 cm³/mol. The minimum absolute atomic E-state index is 0.0637. The van der Waals surface area contributed by atoms with Crippen LogP contribution in [0.5, 0.6) is 0 Å². The highest BCUT2D eigenvalue weighted by atomic mass is 16.7. The lowest BCUT2D eigenvalue weighted by Gasteiger charge is -2.30. The van der Waals surface area contributed by atoms with Gasteiger partial charge in [0.2, 0.25) is 0 Å². The summed E-state index contributed by atoms with van der Waals surface area (Å²) >= 11 is 0. The monoisotopic (exact) mass is 299 g/mol. The Balaban J connectivity index is 4.39. The van der Waals surface area contributed by atoms with E-state index in [-0.39, 0.29) is 25.4 Å². The summed E-state index contributed by atoms with van der Waals surface area (Å²) in [7, 11) is 1.61. The first-order chi connectivity index (χ1) is 9.83. The molecule has 0 aromatic heterocycles. The zero-order valence-corrected chi connectivity index (χ0v) is 12.5. The number of likely N-dealkylation sites (N-methyl/N-ethyl adjacent to an activating group) is 1. The van der Waals surface area contributed by atoms with Gasteiger partial charge in [-0.15, -0.1) is 6.42 Å². The van der Waals surface area contributed by atoms with Crippen molar-refractivity contribution in [3.63, 3.8) is 0 Å². The van der Waals surface area contributed by atoms with E-state index in [1.807, 2.05) is 0 Å². The summed E-state index contributed by atoms with van der Waals surface area (Å²) in [4.78, 5) is 24.1. The number of carbonyl (C=O) groups is 2. The fourth-order valence-electron chi connectivity index (χ4n) is 1.25. The normalized spacial score (nSPS) is 13.0. The number of hydrogen-bond donors (Lipinski definition) is 1. The topological polar surface area (TPSA) is 85.3 Å². The highest BCUT2D eigenvalue weighted by molar-refractivity contribution is 5.86. The van der Waals surface area contributed by atoms with Crippen LogP contribution in [0.15, 0.2) is 12.2 Å². The molecule has 0 aromatic carbocycles. The number of carbonyl (C=O) groups excluding carboxylic acids is 2. The molecular weight excluding hydrogens is 278 g/mol. The molecule has 1 N–H and O–H groups in total. The maximum absolute atomic E-state index is 11.3. The van der Waals surface area contributed by atoms with Crippen LogP contribution in [0, 0.1) is 12.3 Å². The van der Waals surface area contributed by atoms with Crippen molar-refractivity contribution in [2.24, 2.45) is 0 Å². The average Bonchev–Trinajstić information content (AvgIpc) is 2.44. The first-order valence-electron chi connectivity index (χ1n) is 6.25. The second-order valence-corrected chi connectivity index (χ2v) is 4.34. The summed E-state index contributed by atoms with van der Waals surface area (Å²) in [6, 6.07) is -0.538. The molecule has 7 nitrogen and oxygen atoms in total. The number of ether oxygens (including phenoxy) is 3. The van der Waals surface area contributed by atoms with Crippen LogP contribution < -0.4 is 0 Å². The smallest absolute Gasteiger partial charge is 0.461 e. The van der Waals surface area contributed by atoms with Crippen LogP contribution >= 0.6 is 0 Å². The van der Waals surface area contributed by atoms with Crippen molar-refractivity contribution < 1.29 is 28.9 Å². The first kappa shape index (κ1) is 19.0. The lowest BCUT2D eigenvalue weighted by Crippen LogP contribution is -2.46. The molecule has 0 aliphatic heterocycles. The number of esters is 1. The number of hydrogen-bond acceptors (Lipinski definition) is 7. The second-order valence-electron chi connectivity index (χ2n) is 4.34. The van der Waals surface area contributed by atoms with Crippen molar-refractivity contribution in [2.45, 2.75) is 26.1 Å². The fourth-order valence-corrected chi connectivity index (χ4v) is 1.25. The van der Waals surface area contributed by atoms with Gasteiger partial charge < -0.3 is 19.3 Å². The number of nitrogens with zero attached hydrogens (tertiary/aromatic N) is 1. The molecule has 0 heterocycles. The van der Waals surface area contributed by atoms with Gasteiger partial charge in [-0.25, -0.2) is 9.59 Å². The van der Waals surface area contributed by atoms with E-state index in [1.165, 1.54) is 11.8 Å². The zero-order valence-electron chi connectivity index (χ0n) is 12.5. The molecule has 0 amide bonds. The van der Waals surface area contributed by atoms with Gasteiger partial charge in [-0.1, -0.05) is 12.5 Å². The van der Waals surface area contributed by atoms with Gasteiger partial charge in [0.25, 0.3) is 0 Å². The third-order valence-corrected chi connectivity index (χ3v) is 2.66. The molecule has 21 heavy (non-hydrogen) atoms. The first-order valence-corrected chi connectivity index (χ1v) is 6.25. The summed E-state index contributed by atoms with van der Waals surface area (Å²) in [5.41, 5.74) is 0.261. The van der Waals surface area contributed by atoms with Gasteiger partial charge in [0, 0.05) is 5.57 Å². The van der Waals surface area contributed by atoms with Gasteiger partial charge in [0.1, 0.15) is 6.61 Å². The van der Waals surface area contributed by atoms with Crippen molar-refractivity contribution in [1.82, 2.24) is 4.90 Å². The molecule has 0 aromatic rings. The Morgan fingerprint density at radius 1 is 1.43 bits per heavy atom. The van der Waals surface area contributed by atoms with E-state index >= 15 is 0 Å². The van der Waals surface area contributed by atoms with Gasteiger partial charge in [0.15, 0.2) is 12.8 Å². The summed E-state index contributed by atoms with van der Waals surface area (Å²) in [6.07, 6.45) is 3.34. The summed E-state index contributed by atoms with van der Waals surface area (Å²) < 4.78 is 14.5. The van der Waals surface area contributed by atoms with Crippen molar-refractivity contribution in [1.29, 1.82) is 0 Å². The minimum Gasteiger partial charge on any atom is -0.461 e. The standard InChI is InChI=1S/C14H21NO6/c1-6-7-19-14(18)21-11(4)15(5)12(8-16)9-20-13(17)10(2)3/h1,11-12,16H,2,7-9H2,3-5H3. The Kier molecular flexibility index (Phi) is 8.85. The summed E-state index contributed by atoms with van der Waals surface area (Å²) in [5.74, 6) is 1.58. The van der Waals surface area contributed by atoms with Crippen LogP contribution in [0.2, 0.25) is 0 Å². The highest BCUT2D eigenvalue weighted by Crippen LogP contribution is 2.07. The van der Waals surface area contributed by atoms with E-state index in [0.29, 0.717) is 0 Å². The fraction of sp³-hybridized carbons (Fsp3) is 0.571. The molecular formula is C14H21NO6. The molecule has 0 aliphatic carbocycles. The SMILES string of the molecule is C#CCOC(=O)OC(C)N(C)C(CO)COC(=O)C(=C)C. The van der Waals surface area contributed by atoms with Gasteiger partial charge in [-0.3, -0.25) is 4.90 Å². The third-order valence-electron chi connectivity index (χ3n) is 2.66. The van der Waals surface area contributed by atoms with E-state index in [9.17, 15) is 14.7 Å². The van der Waals surface area contributed by atoms with E-state index in [0.717, 1.165) is 0 Å². The maximum Gasteiger partial charge on any atom is 0.510 e. The number of rotatable bonds is 8. The predicted octanol–water partition coefficient (Wildman–Crippen LogP) is 0.531. The molecule has 7 heteroatoms. The van der Waals surface area contributed by atoms with Gasteiger partial charge in [-0.2, -0.15) is 0 Å². The van der Waals surface area contributed by atoms with E-state index in [4.69, 9.17) is 15.9 Å². The molecule has 0 rings (SSSR count). The summed E-state index contributed by atoms with van der Waals surface area (Å²) in [6.45, 7) is 6.02. The molecule has 118 valence electrons. The minimum atomic E-state index is -0.914. The van der Waals surface area contributed by atoms with Crippen LogP contribution in [0.1, 0.15) is 13.8 Å². The second kappa shape index (κ2) is 9.80. The molecule has 0 saturated carbocycles. The van der Waals surface area contributed by atoms with Crippen LogP contribution in [-0.2, 0) is 19.0 Å². The van der Waals surface area contributed by atoms with Crippen LogP contribution in [0.25, 0.3) is 0 Å². The highest BCUT2D eigenvalue weighted by Gasteiger charge is 2.24. The van der Waals surface area contributed by atoms with Crippen molar-refractivity contribution in [2.75, 3.05) is 26.9 Å². The van der Waals surface area contributed by atoms with Crippen LogP contribution in [-0.4, -0.2) is 61.3 Å². The Bertz CT molecular complexity index is 414. The van der Waals surface area contributed by atoms with Crippen molar-refractivity contribution >= 4 is 12.1 Å². The number of terminal acetylenes is 1. The van der Waals surface area contributed by atoms with Crippen LogP contribution in [0.4, 0.5) is 4.79 Å². The third kappa shape index (κ3) is 7.34. The Morgan fingerprint density at radius 2 is 2.05 bits per heavy atom. The van der Waals surface area contributed by atoms with Crippen molar-refractivity contribution in [3.05, 3.63) is 12.2 Å². The van der Waals surface area contributed by atoms with Gasteiger partial charge in [-0.05, 0) is 20.9 Å². The molecule has 2 unspecified atom stereocenters. The molecule has 0 bridgehead atoms. The van der Waals surface area contributed by atoms with E-state index in [1.54, 1.807) is 14.0 Å². The number of aliphatic hydroxyl groups is 1. The van der Waals surface area contributed by atoms with Gasteiger partial charge >= 0.3 is 12.1 Å². The largest absolute Gasteiger partial charge is 0.510 e. The quantitative estimate of drug-likeness (QED) is 0.303. The van der Waals surface area contributed by atoms with Crippen LogP contribution in [0.3, 0.4) is 0 Å².